The number of aromatic nitrogens is 4. The van der Waals surface area contributed by atoms with E-state index in [0.29, 0.717) is 25.0 Å². The highest BCUT2D eigenvalue weighted by atomic mass is 32.2. The Labute approximate surface area is 160 Å². The van der Waals surface area contributed by atoms with Gasteiger partial charge in [-0.05, 0) is 31.6 Å². The third-order valence-electron chi connectivity index (χ3n) is 5.79. The first kappa shape index (κ1) is 18.6. The summed E-state index contributed by atoms with van der Waals surface area (Å²) in [6.45, 7) is 2.00. The molecule has 4 rings (SSSR count). The molecule has 1 saturated heterocycles. The smallest absolute Gasteiger partial charge is 0.224 e. The van der Waals surface area contributed by atoms with Gasteiger partial charge in [0.25, 0.3) is 0 Å². The highest BCUT2D eigenvalue weighted by Crippen LogP contribution is 2.26. The standard InChI is InChI=1S/C18H28N6O2S/c1-27(25,26)23-9-7-16(8-10-23)21-18-19-11-15-12-20-24(17(15)22-18)13-14-5-3-2-4-6-14/h11-12,14,16H,2-10,13H2,1H3,(H,19,21,22). The lowest BCUT2D eigenvalue weighted by atomic mass is 9.89. The zero-order chi connectivity index (χ0) is 18.9. The molecule has 0 radical (unpaired) electrons. The van der Waals surface area contributed by atoms with Crippen molar-refractivity contribution in [3.05, 3.63) is 12.4 Å². The van der Waals surface area contributed by atoms with Crippen LogP contribution in [0.2, 0.25) is 0 Å². The molecule has 2 aromatic heterocycles. The summed E-state index contributed by atoms with van der Waals surface area (Å²) in [6, 6.07) is 0.190. The number of nitrogens with zero attached hydrogens (tertiary/aromatic N) is 5. The molecular weight excluding hydrogens is 364 g/mol. The molecule has 2 fully saturated rings. The van der Waals surface area contributed by atoms with Gasteiger partial charge in [-0.1, -0.05) is 19.3 Å². The summed E-state index contributed by atoms with van der Waals surface area (Å²) < 4.78 is 26.8. The Morgan fingerprint density at radius 1 is 1.11 bits per heavy atom. The lowest BCUT2D eigenvalue weighted by Crippen LogP contribution is -2.42. The van der Waals surface area contributed by atoms with Crippen LogP contribution in [-0.4, -0.2) is 57.9 Å². The van der Waals surface area contributed by atoms with E-state index in [1.807, 2.05) is 17.1 Å². The first-order chi connectivity index (χ1) is 13.0. The zero-order valence-corrected chi connectivity index (χ0v) is 16.7. The minimum Gasteiger partial charge on any atom is -0.351 e. The molecule has 0 amide bonds. The van der Waals surface area contributed by atoms with Gasteiger partial charge in [0, 0.05) is 31.9 Å². The summed E-state index contributed by atoms with van der Waals surface area (Å²) in [5.74, 6) is 1.29. The minimum absolute atomic E-state index is 0.190. The van der Waals surface area contributed by atoms with E-state index in [1.165, 1.54) is 42.7 Å². The largest absolute Gasteiger partial charge is 0.351 e. The molecule has 0 aromatic carbocycles. The second-order valence-corrected chi connectivity index (χ2v) is 9.87. The third kappa shape index (κ3) is 4.40. The van der Waals surface area contributed by atoms with Crippen molar-refractivity contribution < 1.29 is 8.42 Å². The van der Waals surface area contributed by atoms with E-state index in [1.54, 1.807) is 0 Å². The molecule has 1 N–H and O–H groups in total. The maximum atomic E-state index is 11.6. The van der Waals surface area contributed by atoms with Crippen molar-refractivity contribution in [3.8, 4) is 0 Å². The van der Waals surface area contributed by atoms with Gasteiger partial charge < -0.3 is 5.32 Å². The van der Waals surface area contributed by atoms with E-state index in [-0.39, 0.29) is 6.04 Å². The van der Waals surface area contributed by atoms with Crippen LogP contribution in [-0.2, 0) is 16.6 Å². The molecule has 2 aromatic rings. The fourth-order valence-electron chi connectivity index (χ4n) is 4.20. The van der Waals surface area contributed by atoms with Crippen LogP contribution in [0, 0.1) is 5.92 Å². The number of hydrogen-bond acceptors (Lipinski definition) is 6. The molecule has 3 heterocycles. The van der Waals surface area contributed by atoms with E-state index in [0.717, 1.165) is 30.4 Å². The molecule has 9 heteroatoms. The van der Waals surface area contributed by atoms with Crippen LogP contribution < -0.4 is 5.32 Å². The molecule has 148 valence electrons. The average molecular weight is 393 g/mol. The highest BCUT2D eigenvalue weighted by Gasteiger charge is 2.25. The number of rotatable bonds is 5. The van der Waals surface area contributed by atoms with Gasteiger partial charge in [0.1, 0.15) is 0 Å². The van der Waals surface area contributed by atoms with Gasteiger partial charge in [0.15, 0.2) is 5.65 Å². The minimum atomic E-state index is -3.10. The predicted octanol–water partition coefficient (Wildman–Crippen LogP) is 2.24. The van der Waals surface area contributed by atoms with Crippen LogP contribution in [0.1, 0.15) is 44.9 Å². The summed E-state index contributed by atoms with van der Waals surface area (Å²) in [5.41, 5.74) is 0.881. The van der Waals surface area contributed by atoms with Crippen molar-refractivity contribution in [2.75, 3.05) is 24.7 Å². The van der Waals surface area contributed by atoms with Gasteiger partial charge >= 0.3 is 0 Å². The van der Waals surface area contributed by atoms with Crippen LogP contribution in [0.3, 0.4) is 0 Å². The maximum absolute atomic E-state index is 11.6. The number of nitrogens with one attached hydrogen (secondary N) is 1. The summed E-state index contributed by atoms with van der Waals surface area (Å²) in [4.78, 5) is 9.13. The highest BCUT2D eigenvalue weighted by molar-refractivity contribution is 7.88. The van der Waals surface area contributed by atoms with E-state index < -0.39 is 10.0 Å². The summed E-state index contributed by atoms with van der Waals surface area (Å²) >= 11 is 0. The van der Waals surface area contributed by atoms with Gasteiger partial charge in [-0.15, -0.1) is 0 Å². The lowest BCUT2D eigenvalue weighted by Gasteiger charge is -2.30. The summed E-state index contributed by atoms with van der Waals surface area (Å²) in [7, 11) is -3.10. The first-order valence-corrected chi connectivity index (χ1v) is 11.7. The van der Waals surface area contributed by atoms with Crippen LogP contribution >= 0.6 is 0 Å². The van der Waals surface area contributed by atoms with Gasteiger partial charge in [-0.3, -0.25) is 0 Å². The van der Waals surface area contributed by atoms with Crippen molar-refractivity contribution in [1.29, 1.82) is 0 Å². The van der Waals surface area contributed by atoms with Crippen LogP contribution in [0.5, 0.6) is 0 Å². The molecule has 0 spiro atoms. The maximum Gasteiger partial charge on any atom is 0.224 e. The third-order valence-corrected chi connectivity index (χ3v) is 7.09. The van der Waals surface area contributed by atoms with Gasteiger partial charge in [0.2, 0.25) is 16.0 Å². The number of hydrogen-bond donors (Lipinski definition) is 1. The molecule has 2 aliphatic rings. The normalized spacial score (nSPS) is 20.9. The molecule has 1 aliphatic carbocycles. The van der Waals surface area contributed by atoms with Gasteiger partial charge in [-0.2, -0.15) is 10.1 Å². The molecule has 1 saturated carbocycles. The molecule has 27 heavy (non-hydrogen) atoms. The topological polar surface area (TPSA) is 93.0 Å². The first-order valence-electron chi connectivity index (χ1n) is 9.89. The monoisotopic (exact) mass is 392 g/mol. The van der Waals surface area contributed by atoms with Crippen molar-refractivity contribution in [1.82, 2.24) is 24.1 Å². The van der Waals surface area contributed by atoms with E-state index in [4.69, 9.17) is 4.98 Å². The number of fused-ring (bicyclic) bond motifs is 1. The second kappa shape index (κ2) is 7.71. The Hall–Kier alpha value is -1.74. The molecular formula is C18H28N6O2S. The fraction of sp³-hybridized carbons (Fsp3) is 0.722. The van der Waals surface area contributed by atoms with E-state index in [2.05, 4.69) is 15.4 Å². The molecule has 0 unspecified atom stereocenters. The molecule has 1 aliphatic heterocycles. The number of sulfonamides is 1. The fourth-order valence-corrected chi connectivity index (χ4v) is 5.07. The van der Waals surface area contributed by atoms with Crippen molar-refractivity contribution >= 4 is 27.0 Å². The Morgan fingerprint density at radius 2 is 1.85 bits per heavy atom. The van der Waals surface area contributed by atoms with Crippen LogP contribution in [0.4, 0.5) is 5.95 Å². The quantitative estimate of drug-likeness (QED) is 0.839. The average Bonchev–Trinajstić information content (AvgIpc) is 3.04. The van der Waals surface area contributed by atoms with E-state index in [9.17, 15) is 8.42 Å². The van der Waals surface area contributed by atoms with Gasteiger partial charge in [-0.25, -0.2) is 22.4 Å². The van der Waals surface area contributed by atoms with Crippen molar-refractivity contribution in [2.24, 2.45) is 5.92 Å². The van der Waals surface area contributed by atoms with Crippen LogP contribution in [0.25, 0.3) is 11.0 Å². The Bertz CT molecular complexity index is 882. The SMILES string of the molecule is CS(=O)(=O)N1CCC(Nc2ncc3cnn(CC4CCCCC4)c3n2)CC1. The second-order valence-electron chi connectivity index (χ2n) is 7.88. The Balaban J connectivity index is 1.43. The molecule has 8 nitrogen and oxygen atoms in total. The van der Waals surface area contributed by atoms with Crippen LogP contribution in [0.15, 0.2) is 12.4 Å². The molecule has 0 bridgehead atoms. The van der Waals surface area contributed by atoms with E-state index >= 15 is 0 Å². The lowest BCUT2D eigenvalue weighted by molar-refractivity contribution is 0.311. The Kier molecular flexibility index (Phi) is 5.32. The Morgan fingerprint density at radius 3 is 2.56 bits per heavy atom. The predicted molar refractivity (Wildman–Crippen MR) is 105 cm³/mol. The summed E-state index contributed by atoms with van der Waals surface area (Å²) in [6.07, 6.45) is 13.0. The van der Waals surface area contributed by atoms with Crippen molar-refractivity contribution in [2.45, 2.75) is 57.5 Å². The van der Waals surface area contributed by atoms with Crippen molar-refractivity contribution in [3.63, 3.8) is 0 Å². The molecule has 0 atom stereocenters. The zero-order valence-electron chi connectivity index (χ0n) is 15.8. The van der Waals surface area contributed by atoms with Gasteiger partial charge in [0.05, 0.1) is 17.8 Å². The summed E-state index contributed by atoms with van der Waals surface area (Å²) in [5, 5.41) is 8.87. The number of anilines is 1. The number of piperidine rings is 1.